The van der Waals surface area contributed by atoms with Crippen LogP contribution in [-0.4, -0.2) is 15.0 Å². The van der Waals surface area contributed by atoms with Gasteiger partial charge in [-0.25, -0.2) is 4.98 Å². The van der Waals surface area contributed by atoms with E-state index in [-0.39, 0.29) is 0 Å². The molecule has 0 N–H and O–H groups in total. The molecule has 3 heteroatoms. The summed E-state index contributed by atoms with van der Waals surface area (Å²) in [5.41, 5.74) is 10.8. The molecule has 0 saturated carbocycles. The zero-order chi connectivity index (χ0) is 29.3. The lowest BCUT2D eigenvalue weighted by atomic mass is 9.92. The zero-order valence-electron chi connectivity index (χ0n) is 23.9. The summed E-state index contributed by atoms with van der Waals surface area (Å²) in [6.07, 6.45) is 7.27. The van der Waals surface area contributed by atoms with Crippen molar-refractivity contribution in [3.8, 4) is 55.9 Å². The summed E-state index contributed by atoms with van der Waals surface area (Å²) in [6.45, 7) is 0. The van der Waals surface area contributed by atoms with E-state index in [0.29, 0.717) is 0 Å². The Balaban J connectivity index is 1.14. The summed E-state index contributed by atoms with van der Waals surface area (Å²) < 4.78 is 0. The lowest BCUT2D eigenvalue weighted by Gasteiger charge is -2.12. The molecular weight excluding hydrogens is 534 g/mol. The second kappa shape index (κ2) is 11.0. The van der Waals surface area contributed by atoms with Crippen molar-refractivity contribution in [2.24, 2.45) is 0 Å². The van der Waals surface area contributed by atoms with Crippen LogP contribution in [0.5, 0.6) is 0 Å². The smallest absolute Gasteiger partial charge is 0.0731 e. The van der Waals surface area contributed by atoms with Crippen LogP contribution in [0.25, 0.3) is 77.4 Å². The van der Waals surface area contributed by atoms with Crippen molar-refractivity contribution in [3.05, 3.63) is 164 Å². The predicted octanol–water partition coefficient (Wildman–Crippen LogP) is 10.5. The molecule has 0 aliphatic carbocycles. The molecule has 206 valence electrons. The van der Waals surface area contributed by atoms with Crippen LogP contribution in [0, 0.1) is 0 Å². The van der Waals surface area contributed by atoms with E-state index in [0.717, 1.165) is 33.6 Å². The Morgan fingerprint density at radius 2 is 0.841 bits per heavy atom. The summed E-state index contributed by atoms with van der Waals surface area (Å²) in [7, 11) is 0. The van der Waals surface area contributed by atoms with Crippen LogP contribution in [0.1, 0.15) is 0 Å². The third-order valence-electron chi connectivity index (χ3n) is 8.26. The van der Waals surface area contributed by atoms with E-state index in [2.05, 4.69) is 125 Å². The van der Waals surface area contributed by atoms with Crippen LogP contribution < -0.4 is 0 Å². The Kier molecular flexibility index (Phi) is 6.47. The van der Waals surface area contributed by atoms with E-state index >= 15 is 0 Å². The van der Waals surface area contributed by atoms with Crippen LogP contribution in [0.15, 0.2) is 164 Å². The molecule has 44 heavy (non-hydrogen) atoms. The maximum Gasteiger partial charge on any atom is 0.0731 e. The number of hydrogen-bond acceptors (Lipinski definition) is 3. The minimum absolute atomic E-state index is 0.885. The fourth-order valence-electron chi connectivity index (χ4n) is 6.01. The van der Waals surface area contributed by atoms with Crippen LogP contribution in [0.3, 0.4) is 0 Å². The van der Waals surface area contributed by atoms with Gasteiger partial charge in [0.25, 0.3) is 0 Å². The number of hydrogen-bond donors (Lipinski definition) is 0. The Labute approximate surface area is 256 Å². The lowest BCUT2D eigenvalue weighted by molar-refractivity contribution is 1.26. The molecule has 0 saturated heterocycles. The fourth-order valence-corrected chi connectivity index (χ4v) is 6.01. The standard InChI is InChI=1S/C41H27N3/c1-2-10-36-32(7-1)23-39(38-12-4-3-11-37(36)38)31-19-17-29(18-20-31)28-13-15-30(16-14-28)35-24-40(33-8-5-21-42-26-33)44-41(25-35)34-9-6-22-43-27-34/h1-27H. The summed E-state index contributed by atoms with van der Waals surface area (Å²) >= 11 is 0. The highest BCUT2D eigenvalue weighted by Crippen LogP contribution is 2.36. The molecule has 0 atom stereocenters. The molecule has 0 unspecified atom stereocenters. The van der Waals surface area contributed by atoms with E-state index in [1.54, 1.807) is 12.4 Å². The fraction of sp³-hybridized carbons (Fsp3) is 0. The highest BCUT2D eigenvalue weighted by atomic mass is 14.7. The number of fused-ring (bicyclic) bond motifs is 3. The molecular formula is C41H27N3. The van der Waals surface area contributed by atoms with Crippen molar-refractivity contribution in [2.75, 3.05) is 0 Å². The zero-order valence-corrected chi connectivity index (χ0v) is 23.9. The van der Waals surface area contributed by atoms with Crippen molar-refractivity contribution in [1.29, 1.82) is 0 Å². The van der Waals surface area contributed by atoms with Crippen molar-refractivity contribution in [1.82, 2.24) is 15.0 Å². The Bertz CT molecular complexity index is 2180. The molecule has 0 radical (unpaired) electrons. The van der Waals surface area contributed by atoms with Gasteiger partial charge in [0, 0.05) is 35.9 Å². The van der Waals surface area contributed by atoms with E-state index < -0.39 is 0 Å². The molecule has 0 amide bonds. The maximum absolute atomic E-state index is 4.95. The lowest BCUT2D eigenvalue weighted by Crippen LogP contribution is -1.92. The SMILES string of the molecule is c1cncc(-c2cc(-c3ccc(-c4ccc(-c5cc6ccccc6c6ccccc56)cc4)cc3)cc(-c3cccnc3)n2)c1. The maximum atomic E-state index is 4.95. The van der Waals surface area contributed by atoms with E-state index in [1.807, 2.05) is 36.7 Å². The van der Waals surface area contributed by atoms with Crippen LogP contribution >= 0.6 is 0 Å². The molecule has 3 heterocycles. The summed E-state index contributed by atoms with van der Waals surface area (Å²) in [6, 6.07) is 49.6. The van der Waals surface area contributed by atoms with Gasteiger partial charge in [-0.05, 0) is 97.4 Å². The number of aromatic nitrogens is 3. The molecule has 3 nitrogen and oxygen atoms in total. The second-order valence-electron chi connectivity index (χ2n) is 11.0. The van der Waals surface area contributed by atoms with E-state index in [4.69, 9.17) is 4.98 Å². The van der Waals surface area contributed by atoms with Crippen LogP contribution in [0.2, 0.25) is 0 Å². The Hall–Kier alpha value is -5.93. The highest BCUT2D eigenvalue weighted by molar-refractivity contribution is 6.13. The first kappa shape index (κ1) is 25.8. The van der Waals surface area contributed by atoms with Gasteiger partial charge in [0.2, 0.25) is 0 Å². The minimum atomic E-state index is 0.885. The van der Waals surface area contributed by atoms with Crippen molar-refractivity contribution < 1.29 is 0 Å². The van der Waals surface area contributed by atoms with Gasteiger partial charge in [-0.15, -0.1) is 0 Å². The summed E-state index contributed by atoms with van der Waals surface area (Å²) in [5, 5.41) is 5.11. The van der Waals surface area contributed by atoms with Gasteiger partial charge in [-0.3, -0.25) is 9.97 Å². The van der Waals surface area contributed by atoms with Gasteiger partial charge in [-0.1, -0.05) is 97.1 Å². The van der Waals surface area contributed by atoms with E-state index in [1.165, 1.54) is 43.8 Å². The van der Waals surface area contributed by atoms with Gasteiger partial charge in [0.15, 0.2) is 0 Å². The molecule has 0 aliphatic heterocycles. The first-order valence-electron chi connectivity index (χ1n) is 14.7. The van der Waals surface area contributed by atoms with Gasteiger partial charge in [-0.2, -0.15) is 0 Å². The molecule has 0 spiro atoms. The number of rotatable bonds is 5. The minimum Gasteiger partial charge on any atom is -0.264 e. The number of benzene rings is 5. The van der Waals surface area contributed by atoms with E-state index in [9.17, 15) is 0 Å². The van der Waals surface area contributed by atoms with Gasteiger partial charge in [0.05, 0.1) is 11.4 Å². The van der Waals surface area contributed by atoms with Crippen LogP contribution in [-0.2, 0) is 0 Å². The third-order valence-corrected chi connectivity index (χ3v) is 8.26. The third kappa shape index (κ3) is 4.81. The molecule has 0 bridgehead atoms. The Morgan fingerprint density at radius 1 is 0.341 bits per heavy atom. The molecule has 0 aliphatic rings. The topological polar surface area (TPSA) is 38.7 Å². The van der Waals surface area contributed by atoms with Gasteiger partial charge >= 0.3 is 0 Å². The molecule has 5 aromatic carbocycles. The normalized spacial score (nSPS) is 11.2. The predicted molar refractivity (Wildman–Crippen MR) is 182 cm³/mol. The van der Waals surface area contributed by atoms with Crippen LogP contribution in [0.4, 0.5) is 0 Å². The molecule has 0 fully saturated rings. The average Bonchev–Trinajstić information content (AvgIpc) is 3.12. The summed E-state index contributed by atoms with van der Waals surface area (Å²) in [5.74, 6) is 0. The molecule has 8 rings (SSSR count). The molecule has 3 aromatic heterocycles. The number of pyridine rings is 3. The first-order valence-corrected chi connectivity index (χ1v) is 14.7. The second-order valence-corrected chi connectivity index (χ2v) is 11.0. The first-order chi connectivity index (χ1) is 21.8. The largest absolute Gasteiger partial charge is 0.264 e. The highest BCUT2D eigenvalue weighted by Gasteiger charge is 2.11. The van der Waals surface area contributed by atoms with Gasteiger partial charge < -0.3 is 0 Å². The quantitative estimate of drug-likeness (QED) is 0.196. The van der Waals surface area contributed by atoms with Gasteiger partial charge in [0.1, 0.15) is 0 Å². The summed E-state index contributed by atoms with van der Waals surface area (Å²) in [4.78, 5) is 13.6. The van der Waals surface area contributed by atoms with Crippen molar-refractivity contribution in [3.63, 3.8) is 0 Å². The van der Waals surface area contributed by atoms with Crippen molar-refractivity contribution in [2.45, 2.75) is 0 Å². The Morgan fingerprint density at radius 3 is 1.41 bits per heavy atom. The average molecular weight is 562 g/mol. The molecule has 8 aromatic rings. The monoisotopic (exact) mass is 561 g/mol. The number of nitrogens with zero attached hydrogens (tertiary/aromatic N) is 3. The van der Waals surface area contributed by atoms with Crippen molar-refractivity contribution >= 4 is 21.5 Å².